The van der Waals surface area contributed by atoms with Crippen molar-refractivity contribution in [2.24, 2.45) is 0 Å². The first kappa shape index (κ1) is 25.1. The smallest absolute Gasteiger partial charge is 0.234 e. The molecule has 1 unspecified atom stereocenters. The van der Waals surface area contributed by atoms with Gasteiger partial charge in [0.1, 0.15) is 5.75 Å². The Morgan fingerprint density at radius 1 is 0.972 bits per heavy atom. The number of rotatable bonds is 11. The predicted octanol–water partition coefficient (Wildman–Crippen LogP) is 5.55. The monoisotopic (exact) mass is 504 g/mol. The molecule has 1 heterocycles. The molecule has 4 rings (SSSR count). The van der Waals surface area contributed by atoms with Gasteiger partial charge < -0.3 is 19.5 Å². The van der Waals surface area contributed by atoms with E-state index in [4.69, 9.17) is 14.2 Å². The summed E-state index contributed by atoms with van der Waals surface area (Å²) in [5.41, 5.74) is 1.58. The van der Waals surface area contributed by atoms with Crippen LogP contribution in [0.4, 0.5) is 5.69 Å². The number of carbonyl (C=O) groups excluding carboxylic acids is 1. The van der Waals surface area contributed by atoms with Crippen LogP contribution >= 0.6 is 11.8 Å². The zero-order valence-corrected chi connectivity index (χ0v) is 21.2. The minimum absolute atomic E-state index is 0.147. The maximum atomic E-state index is 12.6. The first-order chi connectivity index (χ1) is 17.6. The molecule has 186 valence electrons. The zero-order valence-electron chi connectivity index (χ0n) is 20.4. The lowest BCUT2D eigenvalue weighted by atomic mass is 10.3. The van der Waals surface area contributed by atoms with Gasteiger partial charge in [-0.2, -0.15) is 0 Å². The number of thioether (sulfide) groups is 1. The van der Waals surface area contributed by atoms with Gasteiger partial charge in [-0.05, 0) is 62.4 Å². The second-order valence-electron chi connectivity index (χ2n) is 7.72. The van der Waals surface area contributed by atoms with Gasteiger partial charge in [-0.25, -0.2) is 0 Å². The summed E-state index contributed by atoms with van der Waals surface area (Å²) in [5, 5.41) is 12.3. The molecule has 0 saturated carbocycles. The van der Waals surface area contributed by atoms with Crippen molar-refractivity contribution in [1.29, 1.82) is 0 Å². The number of methoxy groups -OCH3 is 1. The van der Waals surface area contributed by atoms with Crippen LogP contribution in [0, 0.1) is 0 Å². The Kier molecular flexibility index (Phi) is 8.46. The van der Waals surface area contributed by atoms with E-state index in [9.17, 15) is 4.79 Å². The van der Waals surface area contributed by atoms with Gasteiger partial charge in [0.05, 0.1) is 19.5 Å². The summed E-state index contributed by atoms with van der Waals surface area (Å²) in [5.74, 6) is 2.64. The maximum absolute atomic E-state index is 12.6. The largest absolute Gasteiger partial charge is 0.494 e. The number of ether oxygens (including phenoxy) is 3. The van der Waals surface area contributed by atoms with E-state index in [0.717, 1.165) is 11.4 Å². The first-order valence-corrected chi connectivity index (χ1v) is 12.5. The SMILES string of the molecule is CCOc1ccc(NC(=O)CSc2nnc(C(C)Oc3ccccc3OC)n2-c2ccccc2)cc1. The highest BCUT2D eigenvalue weighted by Gasteiger charge is 2.22. The quantitative estimate of drug-likeness (QED) is 0.268. The number of amides is 1. The van der Waals surface area contributed by atoms with Crippen molar-refractivity contribution >= 4 is 23.4 Å². The van der Waals surface area contributed by atoms with Gasteiger partial charge in [-0.15, -0.1) is 10.2 Å². The Labute approximate surface area is 214 Å². The van der Waals surface area contributed by atoms with E-state index in [1.807, 2.05) is 97.3 Å². The van der Waals surface area contributed by atoms with E-state index in [1.54, 1.807) is 7.11 Å². The van der Waals surface area contributed by atoms with Crippen LogP contribution in [0.2, 0.25) is 0 Å². The Bertz CT molecular complexity index is 1280. The molecule has 1 amide bonds. The number of carbonyl (C=O) groups is 1. The Morgan fingerprint density at radius 3 is 2.36 bits per heavy atom. The van der Waals surface area contributed by atoms with Gasteiger partial charge in [0.15, 0.2) is 28.6 Å². The summed E-state index contributed by atoms with van der Waals surface area (Å²) in [4.78, 5) is 12.6. The normalized spacial score (nSPS) is 11.5. The number of anilines is 1. The molecule has 36 heavy (non-hydrogen) atoms. The average Bonchev–Trinajstić information content (AvgIpc) is 3.34. The molecule has 0 spiro atoms. The molecular weight excluding hydrogens is 476 g/mol. The van der Waals surface area contributed by atoms with Gasteiger partial charge in [-0.3, -0.25) is 9.36 Å². The Morgan fingerprint density at radius 2 is 1.67 bits per heavy atom. The summed E-state index contributed by atoms with van der Waals surface area (Å²) in [7, 11) is 1.60. The molecule has 0 bridgehead atoms. The Hall–Kier alpha value is -3.98. The van der Waals surface area contributed by atoms with Crippen LogP contribution in [-0.4, -0.2) is 40.1 Å². The first-order valence-electron chi connectivity index (χ1n) is 11.5. The fourth-order valence-electron chi connectivity index (χ4n) is 3.55. The molecule has 9 heteroatoms. The second-order valence-corrected chi connectivity index (χ2v) is 8.66. The maximum Gasteiger partial charge on any atom is 0.234 e. The van der Waals surface area contributed by atoms with Gasteiger partial charge in [0.2, 0.25) is 5.91 Å². The molecule has 0 aliphatic heterocycles. The van der Waals surface area contributed by atoms with E-state index in [2.05, 4.69) is 15.5 Å². The summed E-state index contributed by atoms with van der Waals surface area (Å²) >= 11 is 1.31. The third kappa shape index (κ3) is 6.17. The third-order valence-electron chi connectivity index (χ3n) is 5.19. The van der Waals surface area contributed by atoms with Crippen molar-refractivity contribution in [2.75, 3.05) is 24.8 Å². The molecule has 0 aliphatic carbocycles. The molecule has 0 fully saturated rings. The van der Waals surface area contributed by atoms with E-state index in [-0.39, 0.29) is 11.7 Å². The highest BCUT2D eigenvalue weighted by Crippen LogP contribution is 2.32. The highest BCUT2D eigenvalue weighted by atomic mass is 32.2. The van der Waals surface area contributed by atoms with Crippen LogP contribution in [0.15, 0.2) is 84.0 Å². The van der Waals surface area contributed by atoms with Crippen LogP contribution < -0.4 is 19.5 Å². The number of hydrogen-bond acceptors (Lipinski definition) is 7. The zero-order chi connectivity index (χ0) is 25.3. The van der Waals surface area contributed by atoms with Crippen molar-refractivity contribution < 1.29 is 19.0 Å². The van der Waals surface area contributed by atoms with Crippen molar-refractivity contribution in [3.8, 4) is 22.9 Å². The van der Waals surface area contributed by atoms with Gasteiger partial charge in [0.25, 0.3) is 0 Å². The minimum Gasteiger partial charge on any atom is -0.494 e. The van der Waals surface area contributed by atoms with Crippen LogP contribution in [0.25, 0.3) is 5.69 Å². The van der Waals surface area contributed by atoms with E-state index in [0.29, 0.717) is 34.8 Å². The lowest BCUT2D eigenvalue weighted by Crippen LogP contribution is -2.15. The lowest BCUT2D eigenvalue weighted by Gasteiger charge is -2.18. The van der Waals surface area contributed by atoms with Crippen molar-refractivity contribution in [2.45, 2.75) is 25.1 Å². The van der Waals surface area contributed by atoms with Crippen LogP contribution in [0.5, 0.6) is 17.2 Å². The fourth-order valence-corrected chi connectivity index (χ4v) is 4.30. The van der Waals surface area contributed by atoms with Crippen LogP contribution in [0.1, 0.15) is 25.8 Å². The number of hydrogen-bond donors (Lipinski definition) is 1. The fraction of sp³-hybridized carbons (Fsp3) is 0.222. The third-order valence-corrected chi connectivity index (χ3v) is 6.12. The standard InChI is InChI=1S/C27H28N4O4S/c1-4-34-22-16-14-20(15-17-22)28-25(32)18-36-27-30-29-26(31(27)21-10-6-5-7-11-21)19(2)35-24-13-9-8-12-23(24)33-3/h5-17,19H,4,18H2,1-3H3,(H,28,32). The second kappa shape index (κ2) is 12.1. The number of nitrogens with zero attached hydrogens (tertiary/aromatic N) is 3. The van der Waals surface area contributed by atoms with Crippen molar-refractivity contribution in [3.05, 3.63) is 84.7 Å². The molecule has 0 saturated heterocycles. The number of nitrogens with one attached hydrogen (secondary N) is 1. The highest BCUT2D eigenvalue weighted by molar-refractivity contribution is 7.99. The van der Waals surface area contributed by atoms with E-state index >= 15 is 0 Å². The molecule has 1 atom stereocenters. The van der Waals surface area contributed by atoms with Gasteiger partial charge in [0, 0.05) is 11.4 Å². The van der Waals surface area contributed by atoms with Gasteiger partial charge in [-0.1, -0.05) is 42.1 Å². The van der Waals surface area contributed by atoms with Crippen molar-refractivity contribution in [3.63, 3.8) is 0 Å². The molecule has 4 aromatic rings. The summed E-state index contributed by atoms with van der Waals surface area (Å²) in [6, 6.07) is 24.5. The Balaban J connectivity index is 1.50. The molecule has 8 nitrogen and oxygen atoms in total. The van der Waals surface area contributed by atoms with Gasteiger partial charge >= 0.3 is 0 Å². The topological polar surface area (TPSA) is 87.5 Å². The van der Waals surface area contributed by atoms with E-state index in [1.165, 1.54) is 11.8 Å². The van der Waals surface area contributed by atoms with E-state index < -0.39 is 6.10 Å². The molecule has 1 N–H and O–H groups in total. The summed E-state index contributed by atoms with van der Waals surface area (Å²) < 4.78 is 19.0. The number of aromatic nitrogens is 3. The number of benzene rings is 3. The van der Waals surface area contributed by atoms with Crippen LogP contribution in [0.3, 0.4) is 0 Å². The number of para-hydroxylation sites is 3. The molecule has 3 aromatic carbocycles. The molecule has 1 aromatic heterocycles. The molecule has 0 aliphatic rings. The van der Waals surface area contributed by atoms with Crippen LogP contribution in [-0.2, 0) is 4.79 Å². The molecule has 0 radical (unpaired) electrons. The summed E-state index contributed by atoms with van der Waals surface area (Å²) in [6.07, 6.45) is -0.430. The van der Waals surface area contributed by atoms with Crippen molar-refractivity contribution in [1.82, 2.24) is 14.8 Å². The summed E-state index contributed by atoms with van der Waals surface area (Å²) in [6.45, 7) is 4.43. The average molecular weight is 505 g/mol. The lowest BCUT2D eigenvalue weighted by molar-refractivity contribution is -0.113. The molecular formula is C27H28N4O4S. The predicted molar refractivity (Wildman–Crippen MR) is 140 cm³/mol. The minimum atomic E-state index is -0.430.